The number of primary amides is 1. The van der Waals surface area contributed by atoms with E-state index in [9.17, 15) is 18.0 Å². The average molecular weight is 476 g/mol. The minimum atomic E-state index is -4.05. The standard InChI is InChI=1S/C23H29N3O6S/c1-31-20-9-8-18(15-21(20)32-2)33(29,30)25-19(14-16-6-4-3-5-7-16)23(28)26-12-10-17(11-13-26)22(24)27/h3-9,15,17,19,25H,10-14H2,1-2H3,(H2,24,27)/t19-/m1/s1. The molecule has 0 bridgehead atoms. The zero-order chi connectivity index (χ0) is 24.0. The summed E-state index contributed by atoms with van der Waals surface area (Å²) in [6.45, 7) is 0.686. The van der Waals surface area contributed by atoms with Crippen LogP contribution in [0.15, 0.2) is 53.4 Å². The molecule has 3 rings (SSSR count). The first-order valence-corrected chi connectivity index (χ1v) is 12.1. The number of ether oxygens (including phenoxy) is 2. The van der Waals surface area contributed by atoms with Gasteiger partial charge >= 0.3 is 0 Å². The van der Waals surface area contributed by atoms with Gasteiger partial charge in [-0.3, -0.25) is 9.59 Å². The highest BCUT2D eigenvalue weighted by Crippen LogP contribution is 2.29. The molecule has 33 heavy (non-hydrogen) atoms. The fraction of sp³-hybridized carbons (Fsp3) is 0.391. The summed E-state index contributed by atoms with van der Waals surface area (Å²) in [6.07, 6.45) is 1.10. The van der Waals surface area contributed by atoms with Gasteiger partial charge in [-0.25, -0.2) is 8.42 Å². The molecule has 1 heterocycles. The predicted molar refractivity (Wildman–Crippen MR) is 122 cm³/mol. The van der Waals surface area contributed by atoms with E-state index in [1.165, 1.54) is 32.4 Å². The molecule has 1 saturated heterocycles. The zero-order valence-electron chi connectivity index (χ0n) is 18.7. The molecule has 0 saturated carbocycles. The third-order valence-electron chi connectivity index (χ3n) is 5.75. The number of piperidine rings is 1. The van der Waals surface area contributed by atoms with Gasteiger partial charge < -0.3 is 20.1 Å². The van der Waals surface area contributed by atoms with Crippen LogP contribution in [-0.4, -0.2) is 58.5 Å². The van der Waals surface area contributed by atoms with Crippen LogP contribution in [0.4, 0.5) is 0 Å². The Hall–Kier alpha value is -3.11. The predicted octanol–water partition coefficient (Wildman–Crippen LogP) is 1.32. The Kier molecular flexibility index (Phi) is 7.93. The average Bonchev–Trinajstić information content (AvgIpc) is 2.83. The zero-order valence-corrected chi connectivity index (χ0v) is 19.5. The summed E-state index contributed by atoms with van der Waals surface area (Å²) in [5.41, 5.74) is 6.21. The molecule has 3 N–H and O–H groups in total. The quantitative estimate of drug-likeness (QED) is 0.563. The van der Waals surface area contributed by atoms with Crippen molar-refractivity contribution in [2.75, 3.05) is 27.3 Å². The number of likely N-dealkylation sites (tertiary alicyclic amines) is 1. The molecule has 0 aromatic heterocycles. The van der Waals surface area contributed by atoms with Crippen LogP contribution in [-0.2, 0) is 26.0 Å². The second kappa shape index (κ2) is 10.7. The molecule has 1 fully saturated rings. The molecule has 0 aliphatic carbocycles. The molecule has 9 nitrogen and oxygen atoms in total. The van der Waals surface area contributed by atoms with E-state index in [2.05, 4.69) is 4.72 Å². The van der Waals surface area contributed by atoms with Crippen LogP contribution < -0.4 is 19.9 Å². The lowest BCUT2D eigenvalue weighted by molar-refractivity contribution is -0.136. The number of sulfonamides is 1. The van der Waals surface area contributed by atoms with Crippen molar-refractivity contribution in [1.82, 2.24) is 9.62 Å². The molecule has 2 amide bonds. The van der Waals surface area contributed by atoms with E-state index in [1.54, 1.807) is 4.90 Å². The summed E-state index contributed by atoms with van der Waals surface area (Å²) in [5, 5.41) is 0. The number of hydrogen-bond donors (Lipinski definition) is 2. The molecule has 2 aromatic carbocycles. The topological polar surface area (TPSA) is 128 Å². The molecular formula is C23H29N3O6S. The van der Waals surface area contributed by atoms with Gasteiger partial charge in [0, 0.05) is 25.1 Å². The first-order chi connectivity index (χ1) is 15.7. The number of nitrogens with two attached hydrogens (primary N) is 1. The summed E-state index contributed by atoms with van der Waals surface area (Å²) in [6, 6.07) is 12.4. The summed E-state index contributed by atoms with van der Waals surface area (Å²) < 4.78 is 39.3. The van der Waals surface area contributed by atoms with Crippen molar-refractivity contribution in [2.45, 2.75) is 30.2 Å². The minimum Gasteiger partial charge on any atom is -0.493 e. The number of hydrogen-bond acceptors (Lipinski definition) is 6. The Morgan fingerprint density at radius 2 is 1.70 bits per heavy atom. The van der Waals surface area contributed by atoms with Gasteiger partial charge in [-0.2, -0.15) is 4.72 Å². The van der Waals surface area contributed by atoms with Crippen LogP contribution in [0.3, 0.4) is 0 Å². The maximum Gasteiger partial charge on any atom is 0.241 e. The van der Waals surface area contributed by atoms with E-state index in [4.69, 9.17) is 15.2 Å². The molecule has 2 aromatic rings. The number of rotatable bonds is 9. The van der Waals surface area contributed by atoms with Crippen LogP contribution >= 0.6 is 0 Å². The lowest BCUT2D eigenvalue weighted by Gasteiger charge is -2.33. The van der Waals surface area contributed by atoms with Crippen LogP contribution in [0.5, 0.6) is 11.5 Å². The smallest absolute Gasteiger partial charge is 0.241 e. The van der Waals surface area contributed by atoms with Gasteiger partial charge in [0.1, 0.15) is 6.04 Å². The van der Waals surface area contributed by atoms with Gasteiger partial charge in [0.2, 0.25) is 21.8 Å². The molecule has 0 spiro atoms. The third kappa shape index (κ3) is 6.02. The van der Waals surface area contributed by atoms with Gasteiger partial charge in [0.25, 0.3) is 0 Å². The Morgan fingerprint density at radius 3 is 2.27 bits per heavy atom. The van der Waals surface area contributed by atoms with E-state index in [-0.39, 0.29) is 34.8 Å². The fourth-order valence-electron chi connectivity index (χ4n) is 3.87. The van der Waals surface area contributed by atoms with Crippen molar-refractivity contribution in [1.29, 1.82) is 0 Å². The lowest BCUT2D eigenvalue weighted by Crippen LogP contribution is -2.52. The van der Waals surface area contributed by atoms with E-state index in [1.807, 2.05) is 30.3 Å². The van der Waals surface area contributed by atoms with Crippen molar-refractivity contribution in [3.05, 3.63) is 54.1 Å². The SMILES string of the molecule is COc1ccc(S(=O)(=O)N[C@H](Cc2ccccc2)C(=O)N2CCC(C(N)=O)CC2)cc1OC. The summed E-state index contributed by atoms with van der Waals surface area (Å²) in [4.78, 5) is 26.4. The number of benzene rings is 2. The Morgan fingerprint density at radius 1 is 1.06 bits per heavy atom. The normalized spacial score (nSPS) is 15.6. The number of nitrogens with zero attached hydrogens (tertiary/aromatic N) is 1. The number of methoxy groups -OCH3 is 2. The molecule has 1 aliphatic rings. The van der Waals surface area contributed by atoms with Crippen molar-refractivity contribution in [3.8, 4) is 11.5 Å². The molecule has 178 valence electrons. The van der Waals surface area contributed by atoms with E-state index in [0.29, 0.717) is 31.7 Å². The Bertz CT molecular complexity index is 1080. The first kappa shape index (κ1) is 24.5. The van der Waals surface area contributed by atoms with Gasteiger partial charge in [-0.05, 0) is 37.0 Å². The molecule has 1 atom stereocenters. The largest absolute Gasteiger partial charge is 0.493 e. The second-order valence-corrected chi connectivity index (χ2v) is 9.60. The van der Waals surface area contributed by atoms with Gasteiger partial charge in [-0.15, -0.1) is 0 Å². The highest BCUT2D eigenvalue weighted by Gasteiger charge is 2.33. The molecule has 0 unspecified atom stereocenters. The lowest BCUT2D eigenvalue weighted by atomic mass is 9.95. The summed E-state index contributed by atoms with van der Waals surface area (Å²) in [5.74, 6) is -0.335. The van der Waals surface area contributed by atoms with Crippen molar-refractivity contribution in [3.63, 3.8) is 0 Å². The van der Waals surface area contributed by atoms with Crippen molar-refractivity contribution < 1.29 is 27.5 Å². The number of carbonyl (C=O) groups is 2. The van der Waals surface area contributed by atoms with E-state index < -0.39 is 16.1 Å². The van der Waals surface area contributed by atoms with Crippen LogP contribution in [0.2, 0.25) is 0 Å². The van der Waals surface area contributed by atoms with Gasteiger partial charge in [-0.1, -0.05) is 30.3 Å². The highest BCUT2D eigenvalue weighted by molar-refractivity contribution is 7.89. The third-order valence-corrected chi connectivity index (χ3v) is 7.22. The van der Waals surface area contributed by atoms with Crippen molar-refractivity contribution in [2.24, 2.45) is 11.7 Å². The fourth-order valence-corrected chi connectivity index (χ4v) is 5.08. The van der Waals surface area contributed by atoms with Crippen LogP contribution in [0.25, 0.3) is 0 Å². The summed E-state index contributed by atoms with van der Waals surface area (Å²) in [7, 11) is -1.18. The summed E-state index contributed by atoms with van der Waals surface area (Å²) >= 11 is 0. The van der Waals surface area contributed by atoms with Crippen LogP contribution in [0.1, 0.15) is 18.4 Å². The van der Waals surface area contributed by atoms with Crippen LogP contribution in [0, 0.1) is 5.92 Å². The highest BCUT2D eigenvalue weighted by atomic mass is 32.2. The number of nitrogens with one attached hydrogen (secondary N) is 1. The van der Waals surface area contributed by atoms with E-state index in [0.717, 1.165) is 5.56 Å². The molecule has 0 radical (unpaired) electrons. The van der Waals surface area contributed by atoms with Gasteiger partial charge in [0.15, 0.2) is 11.5 Å². The molecule has 1 aliphatic heterocycles. The monoisotopic (exact) mass is 475 g/mol. The maximum atomic E-state index is 13.3. The van der Waals surface area contributed by atoms with Gasteiger partial charge in [0.05, 0.1) is 19.1 Å². The first-order valence-electron chi connectivity index (χ1n) is 10.6. The Balaban J connectivity index is 1.85. The molecule has 10 heteroatoms. The Labute approximate surface area is 193 Å². The second-order valence-electron chi connectivity index (χ2n) is 7.88. The number of carbonyl (C=O) groups excluding carboxylic acids is 2. The molecular weight excluding hydrogens is 446 g/mol. The maximum absolute atomic E-state index is 13.3. The minimum absolute atomic E-state index is 0.0431. The van der Waals surface area contributed by atoms with E-state index >= 15 is 0 Å². The van der Waals surface area contributed by atoms with Crippen molar-refractivity contribution >= 4 is 21.8 Å². The number of amides is 2.